The largest absolute Gasteiger partial charge is 0.476 e. The summed E-state index contributed by atoms with van der Waals surface area (Å²) in [5.74, 6) is -1.07. The Kier molecular flexibility index (Phi) is 6.44. The van der Waals surface area contributed by atoms with Crippen molar-refractivity contribution in [2.75, 3.05) is 0 Å². The fourth-order valence-corrected chi connectivity index (χ4v) is 2.55. The first-order chi connectivity index (χ1) is 12.6. The molecule has 1 N–H and O–H groups in total. The molecule has 0 saturated heterocycles. The Balaban J connectivity index is 0.00000117. The molecule has 5 nitrogen and oxygen atoms in total. The van der Waals surface area contributed by atoms with Crippen LogP contribution in [0.5, 0.6) is 0 Å². The number of aromatic nitrogens is 3. The molecule has 2 aromatic heterocycles. The van der Waals surface area contributed by atoms with Crippen LogP contribution in [-0.4, -0.2) is 25.7 Å². The Labute approximate surface area is 153 Å². The minimum absolute atomic E-state index is 0.0232. The number of nitrogens with zero attached hydrogens (tertiary/aromatic N) is 3. The number of aromatic carboxylic acids is 1. The summed E-state index contributed by atoms with van der Waals surface area (Å²) < 4.78 is 1.57. The molecule has 0 aliphatic rings. The summed E-state index contributed by atoms with van der Waals surface area (Å²) in [4.78, 5) is 15.8. The van der Waals surface area contributed by atoms with Gasteiger partial charge in [-0.3, -0.25) is 0 Å². The van der Waals surface area contributed by atoms with Crippen LogP contribution >= 0.6 is 0 Å². The molecule has 0 bridgehead atoms. The maximum Gasteiger partial charge on any atom is 0.356 e. The summed E-state index contributed by atoms with van der Waals surface area (Å²) in [5.41, 5.74) is 3.97. The number of fused-ring (bicyclic) bond motifs is 1. The van der Waals surface area contributed by atoms with Gasteiger partial charge in [-0.05, 0) is 25.5 Å². The van der Waals surface area contributed by atoms with Gasteiger partial charge < -0.3 is 5.11 Å². The maximum atomic E-state index is 11.3. The normalized spacial score (nSPS) is 11.5. The lowest BCUT2D eigenvalue weighted by molar-refractivity contribution is 0.0690. The minimum atomic E-state index is -1.07. The van der Waals surface area contributed by atoms with Gasteiger partial charge >= 0.3 is 5.97 Å². The summed E-state index contributed by atoms with van der Waals surface area (Å²) >= 11 is 0. The first kappa shape index (κ1) is 19.1. The lowest BCUT2D eigenvalue weighted by Crippen LogP contribution is -2.01. The highest BCUT2D eigenvalue weighted by Crippen LogP contribution is 2.25. The zero-order chi connectivity index (χ0) is 19.1. The van der Waals surface area contributed by atoms with Crippen molar-refractivity contribution in [1.82, 2.24) is 14.6 Å². The first-order valence-electron chi connectivity index (χ1n) is 8.63. The van der Waals surface area contributed by atoms with Crippen molar-refractivity contribution in [3.63, 3.8) is 0 Å². The van der Waals surface area contributed by atoms with E-state index in [9.17, 15) is 9.90 Å². The predicted octanol–water partition coefficient (Wildman–Crippen LogP) is 5.10. The second-order valence-corrected chi connectivity index (χ2v) is 5.24. The molecule has 0 radical (unpaired) electrons. The topological polar surface area (TPSA) is 67.5 Å². The smallest absolute Gasteiger partial charge is 0.356 e. The maximum absolute atomic E-state index is 11.3. The van der Waals surface area contributed by atoms with Crippen LogP contribution in [0.1, 0.15) is 43.9 Å². The minimum Gasteiger partial charge on any atom is -0.476 e. The Morgan fingerprint density at radius 2 is 1.77 bits per heavy atom. The average molecular weight is 349 g/mol. The molecule has 3 rings (SSSR count). The third-order valence-electron chi connectivity index (χ3n) is 3.67. The highest BCUT2D eigenvalue weighted by atomic mass is 16.4. The highest BCUT2D eigenvalue weighted by Gasteiger charge is 2.15. The molecular formula is C21H23N3O2. The molecule has 0 amide bonds. The standard InChI is InChI=1S/C19H17N3O2.C2H6/c1-3-8-13(4-2)15-11-17(14-9-6-5-7-10-14)22-18(20-15)12-16(21-22)19(23)24;1-2/h3-12H,1-2H3,(H,23,24);1-2H3/b8-3-,13-4+;. The van der Waals surface area contributed by atoms with Gasteiger partial charge in [-0.15, -0.1) is 0 Å². The van der Waals surface area contributed by atoms with Crippen molar-refractivity contribution >= 4 is 17.2 Å². The summed E-state index contributed by atoms with van der Waals surface area (Å²) in [5, 5.41) is 13.4. The molecule has 0 fully saturated rings. The predicted molar refractivity (Wildman–Crippen MR) is 105 cm³/mol. The number of allylic oxidation sites excluding steroid dienone is 4. The second kappa shape index (κ2) is 8.76. The Morgan fingerprint density at radius 3 is 2.35 bits per heavy atom. The Hall–Kier alpha value is -3.21. The van der Waals surface area contributed by atoms with E-state index in [1.807, 2.05) is 82.3 Å². The van der Waals surface area contributed by atoms with Gasteiger partial charge in [0.2, 0.25) is 0 Å². The van der Waals surface area contributed by atoms with Gasteiger partial charge in [0.25, 0.3) is 0 Å². The Bertz CT molecular complexity index is 954. The quantitative estimate of drug-likeness (QED) is 0.665. The third-order valence-corrected chi connectivity index (χ3v) is 3.67. The molecule has 1 aromatic carbocycles. The van der Waals surface area contributed by atoms with E-state index in [1.165, 1.54) is 6.07 Å². The molecule has 26 heavy (non-hydrogen) atoms. The molecule has 0 spiro atoms. The van der Waals surface area contributed by atoms with Crippen LogP contribution in [0.25, 0.3) is 22.5 Å². The van der Waals surface area contributed by atoms with Gasteiger partial charge in [0.1, 0.15) is 0 Å². The molecule has 5 heteroatoms. The summed E-state index contributed by atoms with van der Waals surface area (Å²) in [6, 6.07) is 13.2. The van der Waals surface area contributed by atoms with Crippen LogP contribution in [0.15, 0.2) is 60.7 Å². The molecule has 0 unspecified atom stereocenters. The van der Waals surface area contributed by atoms with Gasteiger partial charge in [0.05, 0.1) is 11.4 Å². The number of carboxylic acid groups (broad SMARTS) is 1. The summed E-state index contributed by atoms with van der Waals surface area (Å²) in [6.07, 6.45) is 5.90. The molecule has 3 aromatic rings. The van der Waals surface area contributed by atoms with E-state index in [0.29, 0.717) is 5.65 Å². The van der Waals surface area contributed by atoms with Crippen LogP contribution in [0.4, 0.5) is 0 Å². The van der Waals surface area contributed by atoms with E-state index in [-0.39, 0.29) is 5.69 Å². The van der Waals surface area contributed by atoms with Crippen LogP contribution in [-0.2, 0) is 0 Å². The number of hydrogen-bond donors (Lipinski definition) is 1. The van der Waals surface area contributed by atoms with Gasteiger partial charge in [-0.2, -0.15) is 5.10 Å². The van der Waals surface area contributed by atoms with Crippen molar-refractivity contribution < 1.29 is 9.90 Å². The van der Waals surface area contributed by atoms with E-state index < -0.39 is 5.97 Å². The van der Waals surface area contributed by atoms with Crippen LogP contribution in [0, 0.1) is 0 Å². The summed E-state index contributed by atoms with van der Waals surface area (Å²) in [6.45, 7) is 7.89. The fraction of sp³-hybridized carbons (Fsp3) is 0.190. The SMILES string of the molecule is C/C=C\C(=C/C)c1cc(-c2ccccc2)n2nc(C(=O)O)cc2n1.CC. The van der Waals surface area contributed by atoms with Crippen molar-refractivity contribution in [2.45, 2.75) is 27.7 Å². The Morgan fingerprint density at radius 1 is 1.08 bits per heavy atom. The highest BCUT2D eigenvalue weighted by molar-refractivity contribution is 5.87. The number of carboxylic acids is 1. The monoisotopic (exact) mass is 349 g/mol. The molecule has 0 aliphatic heterocycles. The average Bonchev–Trinajstić information content (AvgIpc) is 3.12. The molecule has 2 heterocycles. The molecule has 0 atom stereocenters. The third kappa shape index (κ3) is 3.88. The number of carbonyl (C=O) groups is 1. The van der Waals surface area contributed by atoms with E-state index in [0.717, 1.165) is 22.5 Å². The van der Waals surface area contributed by atoms with E-state index in [4.69, 9.17) is 0 Å². The van der Waals surface area contributed by atoms with Crippen molar-refractivity contribution in [3.05, 3.63) is 72.1 Å². The molecule has 134 valence electrons. The van der Waals surface area contributed by atoms with Crippen LogP contribution in [0.2, 0.25) is 0 Å². The van der Waals surface area contributed by atoms with Crippen molar-refractivity contribution in [3.8, 4) is 11.3 Å². The molecule has 0 aliphatic carbocycles. The fourth-order valence-electron chi connectivity index (χ4n) is 2.55. The first-order valence-corrected chi connectivity index (χ1v) is 8.63. The van der Waals surface area contributed by atoms with Gasteiger partial charge in [0.15, 0.2) is 11.3 Å². The van der Waals surface area contributed by atoms with Gasteiger partial charge in [0, 0.05) is 11.6 Å². The van der Waals surface area contributed by atoms with Crippen LogP contribution in [0.3, 0.4) is 0 Å². The molecular weight excluding hydrogens is 326 g/mol. The number of benzene rings is 1. The summed E-state index contributed by atoms with van der Waals surface area (Å²) in [7, 11) is 0. The van der Waals surface area contributed by atoms with Gasteiger partial charge in [-0.1, -0.05) is 62.4 Å². The second-order valence-electron chi connectivity index (χ2n) is 5.24. The van der Waals surface area contributed by atoms with E-state index in [2.05, 4.69) is 10.1 Å². The lowest BCUT2D eigenvalue weighted by Gasteiger charge is -2.09. The zero-order valence-electron chi connectivity index (χ0n) is 15.5. The van der Waals surface area contributed by atoms with Crippen LogP contribution < -0.4 is 0 Å². The number of hydrogen-bond acceptors (Lipinski definition) is 3. The van der Waals surface area contributed by atoms with Gasteiger partial charge in [-0.25, -0.2) is 14.3 Å². The van der Waals surface area contributed by atoms with Crippen molar-refractivity contribution in [2.24, 2.45) is 0 Å². The number of rotatable bonds is 4. The molecule has 0 saturated carbocycles. The van der Waals surface area contributed by atoms with E-state index in [1.54, 1.807) is 4.52 Å². The van der Waals surface area contributed by atoms with Crippen molar-refractivity contribution in [1.29, 1.82) is 0 Å². The van der Waals surface area contributed by atoms with E-state index >= 15 is 0 Å². The zero-order valence-corrected chi connectivity index (χ0v) is 15.5. The lowest BCUT2D eigenvalue weighted by atomic mass is 10.1.